The van der Waals surface area contributed by atoms with E-state index in [1.807, 2.05) is 12.3 Å². The summed E-state index contributed by atoms with van der Waals surface area (Å²) in [5.74, 6) is 1.04. The van der Waals surface area contributed by atoms with Crippen molar-refractivity contribution in [2.24, 2.45) is 0 Å². The van der Waals surface area contributed by atoms with Gasteiger partial charge in [0.25, 0.3) is 0 Å². The van der Waals surface area contributed by atoms with Crippen LogP contribution >= 0.6 is 0 Å². The van der Waals surface area contributed by atoms with Crippen molar-refractivity contribution in [3.63, 3.8) is 0 Å². The van der Waals surface area contributed by atoms with Gasteiger partial charge in [-0.3, -0.25) is 4.98 Å². The normalized spacial score (nSPS) is 15.4. The first-order chi connectivity index (χ1) is 11.9. The molecule has 1 aliphatic rings. The van der Waals surface area contributed by atoms with Crippen LogP contribution in [0.2, 0.25) is 0 Å². The van der Waals surface area contributed by atoms with Crippen LogP contribution in [0.1, 0.15) is 36.9 Å². The van der Waals surface area contributed by atoms with Gasteiger partial charge < -0.3 is 4.90 Å². The van der Waals surface area contributed by atoms with E-state index in [0.717, 1.165) is 31.0 Å². The lowest BCUT2D eigenvalue weighted by Crippen LogP contribution is -2.25. The second kappa shape index (κ2) is 6.95. The molecule has 24 heavy (non-hydrogen) atoms. The Balaban J connectivity index is 1.74. The van der Waals surface area contributed by atoms with Gasteiger partial charge in [0, 0.05) is 42.7 Å². The van der Waals surface area contributed by atoms with Crippen LogP contribution in [0.5, 0.6) is 0 Å². The zero-order valence-corrected chi connectivity index (χ0v) is 13.9. The van der Waals surface area contributed by atoms with E-state index in [2.05, 4.69) is 50.4 Å². The molecular formula is C20H22N4. The molecule has 0 bridgehead atoms. The summed E-state index contributed by atoms with van der Waals surface area (Å²) in [5.41, 5.74) is 2.19. The summed E-state index contributed by atoms with van der Waals surface area (Å²) in [6, 6.07) is 12.6. The van der Waals surface area contributed by atoms with E-state index in [1.165, 1.54) is 42.0 Å². The number of rotatable bonds is 3. The van der Waals surface area contributed by atoms with E-state index in [1.54, 1.807) is 6.20 Å². The molecule has 0 N–H and O–H groups in total. The van der Waals surface area contributed by atoms with Gasteiger partial charge in [-0.2, -0.15) is 5.10 Å². The second-order valence-electron chi connectivity index (χ2n) is 6.46. The molecular weight excluding hydrogens is 296 g/mol. The van der Waals surface area contributed by atoms with Crippen LogP contribution in [0, 0.1) is 0 Å². The Kier molecular flexibility index (Phi) is 4.36. The summed E-state index contributed by atoms with van der Waals surface area (Å²) in [6.07, 6.45) is 9.60. The largest absolute Gasteiger partial charge is 0.355 e. The van der Waals surface area contributed by atoms with Gasteiger partial charge in [0.15, 0.2) is 5.82 Å². The van der Waals surface area contributed by atoms with Crippen molar-refractivity contribution in [2.75, 3.05) is 18.0 Å². The molecule has 4 heteroatoms. The number of nitrogens with zero attached hydrogens (tertiary/aromatic N) is 4. The number of hydrogen-bond acceptors (Lipinski definition) is 4. The first-order valence-corrected chi connectivity index (χ1v) is 8.80. The molecule has 0 aliphatic carbocycles. The smallest absolute Gasteiger partial charge is 0.159 e. The SMILES string of the molecule is c1cncc(Cc2nnc(N3CCCCCC3)c3ccccc23)c1. The van der Waals surface area contributed by atoms with Gasteiger partial charge in [-0.05, 0) is 24.5 Å². The molecule has 1 aliphatic heterocycles. The number of anilines is 1. The molecule has 4 rings (SSSR count). The third kappa shape index (κ3) is 3.09. The van der Waals surface area contributed by atoms with Gasteiger partial charge in [0.1, 0.15) is 0 Å². The minimum absolute atomic E-state index is 0.766. The average molecular weight is 318 g/mol. The van der Waals surface area contributed by atoms with Crippen molar-refractivity contribution < 1.29 is 0 Å². The van der Waals surface area contributed by atoms with E-state index < -0.39 is 0 Å². The van der Waals surface area contributed by atoms with Crippen molar-refractivity contribution in [3.8, 4) is 0 Å². The third-order valence-electron chi connectivity index (χ3n) is 4.74. The molecule has 2 aromatic heterocycles. The zero-order chi connectivity index (χ0) is 16.2. The zero-order valence-electron chi connectivity index (χ0n) is 13.9. The van der Waals surface area contributed by atoms with Gasteiger partial charge in [-0.1, -0.05) is 43.2 Å². The number of aromatic nitrogens is 3. The van der Waals surface area contributed by atoms with Gasteiger partial charge >= 0.3 is 0 Å². The lowest BCUT2D eigenvalue weighted by atomic mass is 10.1. The minimum atomic E-state index is 0.766. The molecule has 0 amide bonds. The van der Waals surface area contributed by atoms with Crippen LogP contribution in [-0.4, -0.2) is 28.3 Å². The van der Waals surface area contributed by atoms with Crippen LogP contribution in [0.4, 0.5) is 5.82 Å². The molecule has 0 saturated carbocycles. The van der Waals surface area contributed by atoms with Crippen molar-refractivity contribution in [1.29, 1.82) is 0 Å². The van der Waals surface area contributed by atoms with Crippen LogP contribution in [0.15, 0.2) is 48.8 Å². The highest BCUT2D eigenvalue weighted by Gasteiger charge is 2.16. The minimum Gasteiger partial charge on any atom is -0.355 e. The molecule has 3 heterocycles. The fourth-order valence-corrected chi connectivity index (χ4v) is 3.49. The number of pyridine rings is 1. The maximum absolute atomic E-state index is 4.62. The van der Waals surface area contributed by atoms with Crippen LogP contribution in [-0.2, 0) is 6.42 Å². The van der Waals surface area contributed by atoms with Gasteiger partial charge in [-0.25, -0.2) is 0 Å². The molecule has 0 atom stereocenters. The van der Waals surface area contributed by atoms with Crippen LogP contribution in [0.3, 0.4) is 0 Å². The number of fused-ring (bicyclic) bond motifs is 1. The lowest BCUT2D eigenvalue weighted by molar-refractivity contribution is 0.726. The summed E-state index contributed by atoms with van der Waals surface area (Å²) in [7, 11) is 0. The Morgan fingerprint density at radius 3 is 2.38 bits per heavy atom. The van der Waals surface area contributed by atoms with Crippen LogP contribution < -0.4 is 4.90 Å². The number of benzene rings is 1. The quantitative estimate of drug-likeness (QED) is 0.732. The van der Waals surface area contributed by atoms with E-state index >= 15 is 0 Å². The lowest BCUT2D eigenvalue weighted by Gasteiger charge is -2.23. The number of hydrogen-bond donors (Lipinski definition) is 0. The maximum atomic E-state index is 4.62. The molecule has 4 nitrogen and oxygen atoms in total. The molecule has 1 fully saturated rings. The monoisotopic (exact) mass is 318 g/mol. The van der Waals surface area contributed by atoms with Crippen molar-refractivity contribution in [1.82, 2.24) is 15.2 Å². The summed E-state index contributed by atoms with van der Waals surface area (Å²) in [6.45, 7) is 2.17. The summed E-state index contributed by atoms with van der Waals surface area (Å²) in [4.78, 5) is 6.62. The molecule has 3 aromatic rings. The predicted octanol–water partition coefficient (Wildman–Crippen LogP) is 4.00. The predicted molar refractivity (Wildman–Crippen MR) is 97.3 cm³/mol. The van der Waals surface area contributed by atoms with Crippen molar-refractivity contribution in [3.05, 3.63) is 60.0 Å². The van der Waals surface area contributed by atoms with Crippen molar-refractivity contribution in [2.45, 2.75) is 32.1 Å². The van der Waals surface area contributed by atoms with E-state index in [4.69, 9.17) is 0 Å². The third-order valence-corrected chi connectivity index (χ3v) is 4.74. The average Bonchev–Trinajstić information content (AvgIpc) is 2.92. The maximum Gasteiger partial charge on any atom is 0.159 e. The molecule has 1 saturated heterocycles. The fourth-order valence-electron chi connectivity index (χ4n) is 3.49. The summed E-state index contributed by atoms with van der Waals surface area (Å²) in [5, 5.41) is 11.6. The van der Waals surface area contributed by atoms with Crippen LogP contribution in [0.25, 0.3) is 10.8 Å². The summed E-state index contributed by atoms with van der Waals surface area (Å²) < 4.78 is 0. The Morgan fingerprint density at radius 1 is 0.833 bits per heavy atom. The molecule has 122 valence electrons. The van der Waals surface area contributed by atoms with E-state index in [-0.39, 0.29) is 0 Å². The topological polar surface area (TPSA) is 41.9 Å². The fraction of sp³-hybridized carbons (Fsp3) is 0.350. The second-order valence-corrected chi connectivity index (χ2v) is 6.46. The molecule has 0 radical (unpaired) electrons. The van der Waals surface area contributed by atoms with Crippen molar-refractivity contribution >= 4 is 16.6 Å². The highest BCUT2D eigenvalue weighted by molar-refractivity contribution is 5.93. The summed E-state index contributed by atoms with van der Waals surface area (Å²) >= 11 is 0. The Labute approximate surface area is 142 Å². The standard InChI is InChI=1S/C20H22N4/c1-2-6-13-24(12-5-1)20-18-10-4-3-9-17(18)19(22-23-20)14-16-8-7-11-21-15-16/h3-4,7-11,15H,1-2,5-6,12-14H2. The highest BCUT2D eigenvalue weighted by Crippen LogP contribution is 2.28. The Bertz CT molecular complexity index is 808. The van der Waals surface area contributed by atoms with Gasteiger partial charge in [-0.15, -0.1) is 5.10 Å². The molecule has 0 spiro atoms. The van der Waals surface area contributed by atoms with Gasteiger partial charge in [0.05, 0.1) is 5.69 Å². The Hall–Kier alpha value is -2.49. The Morgan fingerprint density at radius 2 is 1.62 bits per heavy atom. The molecule has 1 aromatic carbocycles. The van der Waals surface area contributed by atoms with E-state index in [9.17, 15) is 0 Å². The first kappa shape index (κ1) is 15.1. The van der Waals surface area contributed by atoms with E-state index in [0.29, 0.717) is 0 Å². The highest BCUT2D eigenvalue weighted by atomic mass is 15.3. The van der Waals surface area contributed by atoms with Gasteiger partial charge in [0.2, 0.25) is 0 Å². The molecule has 0 unspecified atom stereocenters. The first-order valence-electron chi connectivity index (χ1n) is 8.80.